The van der Waals surface area contributed by atoms with Crippen molar-refractivity contribution in [3.63, 3.8) is 0 Å². The molecule has 1 N–H and O–H groups in total. The minimum atomic E-state index is -1.84. The van der Waals surface area contributed by atoms with Crippen molar-refractivity contribution in [2.75, 3.05) is 26.2 Å². The highest BCUT2D eigenvalue weighted by Gasteiger charge is 2.41. The number of carbonyl (C=O) groups excluding carboxylic acids is 1. The Hall–Kier alpha value is -1.21. The van der Waals surface area contributed by atoms with Crippen LogP contribution >= 0.6 is 31.9 Å². The fourth-order valence-corrected chi connectivity index (χ4v) is 3.87. The van der Waals surface area contributed by atoms with Gasteiger partial charge in [-0.1, -0.05) is 62.5 Å². The summed E-state index contributed by atoms with van der Waals surface area (Å²) in [5.41, 5.74) is -0.879. The summed E-state index contributed by atoms with van der Waals surface area (Å²) in [7, 11) is 0. The number of nitrogens with zero attached hydrogens (tertiary/aromatic N) is 1. The first-order valence-corrected chi connectivity index (χ1v) is 10.7. The molecule has 4 nitrogen and oxygen atoms in total. The van der Waals surface area contributed by atoms with Crippen LogP contribution in [0.25, 0.3) is 0 Å². The Balaban J connectivity index is 1.79. The molecule has 0 aliphatic carbocycles. The second-order valence-corrected chi connectivity index (χ2v) is 8.59. The third kappa shape index (κ3) is 4.99. The highest BCUT2D eigenvalue weighted by molar-refractivity contribution is 9.10. The molecule has 3 rings (SSSR count). The number of ether oxygens (including phenoxy) is 1. The van der Waals surface area contributed by atoms with Crippen molar-refractivity contribution < 1.29 is 14.6 Å². The Kier molecular flexibility index (Phi) is 7.09. The van der Waals surface area contributed by atoms with Crippen LogP contribution in [0, 0.1) is 0 Å². The topological polar surface area (TPSA) is 49.8 Å². The molecule has 0 atom stereocenters. The quantitative estimate of drug-likeness (QED) is 0.599. The molecule has 1 fully saturated rings. The van der Waals surface area contributed by atoms with Crippen LogP contribution in [0.5, 0.6) is 0 Å². The van der Waals surface area contributed by atoms with Gasteiger partial charge in [-0.2, -0.15) is 0 Å². The molecule has 1 aliphatic heterocycles. The van der Waals surface area contributed by atoms with Crippen LogP contribution in [0.1, 0.15) is 30.4 Å². The van der Waals surface area contributed by atoms with Crippen molar-refractivity contribution in [1.29, 1.82) is 0 Å². The van der Waals surface area contributed by atoms with E-state index in [9.17, 15) is 9.90 Å². The van der Waals surface area contributed by atoms with Gasteiger partial charge in [0.15, 0.2) is 0 Å². The van der Waals surface area contributed by atoms with E-state index in [0.29, 0.717) is 17.7 Å². The van der Waals surface area contributed by atoms with Crippen molar-refractivity contribution in [2.24, 2.45) is 0 Å². The fourth-order valence-electron chi connectivity index (χ4n) is 3.34. The van der Waals surface area contributed by atoms with Gasteiger partial charge in [0.2, 0.25) is 5.60 Å². The molecule has 0 radical (unpaired) electrons. The van der Waals surface area contributed by atoms with Gasteiger partial charge >= 0.3 is 5.97 Å². The molecule has 0 aromatic heterocycles. The van der Waals surface area contributed by atoms with Gasteiger partial charge in [-0.05, 0) is 61.3 Å². The number of hydrogen-bond acceptors (Lipinski definition) is 4. The Bertz CT molecular complexity index is 711. The summed E-state index contributed by atoms with van der Waals surface area (Å²) in [4.78, 5) is 15.3. The average molecular weight is 497 g/mol. The highest BCUT2D eigenvalue weighted by atomic mass is 79.9. The van der Waals surface area contributed by atoms with Crippen LogP contribution in [0.4, 0.5) is 0 Å². The van der Waals surface area contributed by atoms with Crippen molar-refractivity contribution in [3.05, 3.63) is 68.6 Å². The molecule has 27 heavy (non-hydrogen) atoms. The van der Waals surface area contributed by atoms with Crippen LogP contribution < -0.4 is 0 Å². The molecule has 0 bridgehead atoms. The van der Waals surface area contributed by atoms with Gasteiger partial charge in [0, 0.05) is 15.5 Å². The van der Waals surface area contributed by atoms with E-state index in [4.69, 9.17) is 4.74 Å². The number of rotatable bonds is 6. The molecule has 0 unspecified atom stereocenters. The summed E-state index contributed by atoms with van der Waals surface area (Å²) >= 11 is 6.78. The first-order chi connectivity index (χ1) is 13.0. The molecule has 2 aromatic rings. The van der Waals surface area contributed by atoms with E-state index < -0.39 is 11.6 Å². The van der Waals surface area contributed by atoms with Gasteiger partial charge in [0.25, 0.3) is 0 Å². The van der Waals surface area contributed by atoms with Crippen LogP contribution in [0.3, 0.4) is 0 Å². The van der Waals surface area contributed by atoms with Gasteiger partial charge in [0.1, 0.15) is 6.61 Å². The first-order valence-electron chi connectivity index (χ1n) is 9.14. The number of esters is 1. The van der Waals surface area contributed by atoms with Crippen LogP contribution in [-0.2, 0) is 15.1 Å². The lowest BCUT2D eigenvalue weighted by atomic mass is 9.86. The predicted molar refractivity (Wildman–Crippen MR) is 113 cm³/mol. The summed E-state index contributed by atoms with van der Waals surface area (Å²) in [6.07, 6.45) is 3.65. The molecule has 0 spiro atoms. The normalized spacial score (nSPS) is 15.5. The number of hydrogen-bond donors (Lipinski definition) is 1. The average Bonchev–Trinajstić information content (AvgIpc) is 2.69. The lowest BCUT2D eigenvalue weighted by Gasteiger charge is -2.29. The monoisotopic (exact) mass is 495 g/mol. The molecular weight excluding hydrogens is 474 g/mol. The second-order valence-electron chi connectivity index (χ2n) is 6.76. The van der Waals surface area contributed by atoms with Gasteiger partial charge in [-0.15, -0.1) is 0 Å². The largest absolute Gasteiger partial charge is 0.462 e. The molecule has 1 saturated heterocycles. The van der Waals surface area contributed by atoms with Crippen LogP contribution in [0.2, 0.25) is 0 Å². The zero-order valence-corrected chi connectivity index (χ0v) is 18.2. The maximum atomic E-state index is 13.0. The molecule has 144 valence electrons. The van der Waals surface area contributed by atoms with Crippen LogP contribution in [0.15, 0.2) is 57.5 Å². The Morgan fingerprint density at radius 3 is 1.89 bits per heavy atom. The first kappa shape index (κ1) is 20.5. The molecule has 1 aliphatic rings. The van der Waals surface area contributed by atoms with E-state index in [-0.39, 0.29) is 6.61 Å². The summed E-state index contributed by atoms with van der Waals surface area (Å²) in [6.45, 7) is 3.05. The standard InChI is InChI=1S/C21H23Br2NO3/c22-18-8-4-16(5-9-18)21(26,17-6-10-19(23)11-7-17)20(25)27-15-14-24-12-2-1-3-13-24/h4-11,26H,1-3,12-15H2. The van der Waals surface area contributed by atoms with Gasteiger partial charge in [-0.25, -0.2) is 4.79 Å². The third-order valence-corrected chi connectivity index (χ3v) is 5.97. The second kappa shape index (κ2) is 9.32. The molecule has 0 amide bonds. The van der Waals surface area contributed by atoms with Gasteiger partial charge < -0.3 is 9.84 Å². The summed E-state index contributed by atoms with van der Waals surface area (Å²) in [5.74, 6) is -0.649. The highest BCUT2D eigenvalue weighted by Crippen LogP contribution is 2.33. The zero-order valence-electron chi connectivity index (χ0n) is 15.0. The number of aliphatic hydroxyl groups is 1. The minimum Gasteiger partial charge on any atom is -0.462 e. The predicted octanol–water partition coefficient (Wildman–Crippen LogP) is 4.48. The van der Waals surface area contributed by atoms with Gasteiger partial charge in [-0.3, -0.25) is 4.90 Å². The fraction of sp³-hybridized carbons (Fsp3) is 0.381. The van der Waals surface area contributed by atoms with E-state index in [2.05, 4.69) is 36.8 Å². The van der Waals surface area contributed by atoms with Crippen molar-refractivity contribution in [3.8, 4) is 0 Å². The summed E-state index contributed by atoms with van der Waals surface area (Å²) in [5, 5.41) is 11.4. The smallest absolute Gasteiger partial charge is 0.347 e. The van der Waals surface area contributed by atoms with Crippen LogP contribution in [-0.4, -0.2) is 42.2 Å². The summed E-state index contributed by atoms with van der Waals surface area (Å²) in [6, 6.07) is 14.2. The van der Waals surface area contributed by atoms with Gasteiger partial charge in [0.05, 0.1) is 0 Å². The van der Waals surface area contributed by atoms with Crippen molar-refractivity contribution in [1.82, 2.24) is 4.90 Å². The van der Waals surface area contributed by atoms with E-state index in [1.165, 1.54) is 19.3 Å². The van der Waals surface area contributed by atoms with Crippen molar-refractivity contribution in [2.45, 2.75) is 24.9 Å². The number of piperidine rings is 1. The van der Waals surface area contributed by atoms with E-state index >= 15 is 0 Å². The maximum absolute atomic E-state index is 13.0. The number of halogens is 2. The maximum Gasteiger partial charge on any atom is 0.347 e. The Morgan fingerprint density at radius 1 is 0.926 bits per heavy atom. The zero-order chi connectivity index (χ0) is 19.3. The minimum absolute atomic E-state index is 0.272. The van der Waals surface area contributed by atoms with E-state index in [1.54, 1.807) is 48.5 Å². The van der Waals surface area contributed by atoms with Crippen molar-refractivity contribution >= 4 is 37.8 Å². The third-order valence-electron chi connectivity index (χ3n) is 4.91. The number of carbonyl (C=O) groups is 1. The lowest BCUT2D eigenvalue weighted by Crippen LogP contribution is -2.40. The Labute approximate surface area is 176 Å². The van der Waals surface area contributed by atoms with E-state index in [1.807, 2.05) is 0 Å². The van der Waals surface area contributed by atoms with E-state index in [0.717, 1.165) is 22.0 Å². The molecule has 2 aromatic carbocycles. The SMILES string of the molecule is O=C(OCCN1CCCCC1)C(O)(c1ccc(Br)cc1)c1ccc(Br)cc1. The number of likely N-dealkylation sites (tertiary alicyclic amines) is 1. The summed E-state index contributed by atoms with van der Waals surface area (Å²) < 4.78 is 7.28. The Morgan fingerprint density at radius 2 is 1.41 bits per heavy atom. The molecular formula is C21H23Br2NO3. The number of benzene rings is 2. The molecule has 0 saturated carbocycles. The molecule has 1 heterocycles. The lowest BCUT2D eigenvalue weighted by molar-refractivity contribution is -0.162. The molecule has 6 heteroatoms.